The van der Waals surface area contributed by atoms with Crippen molar-refractivity contribution < 1.29 is 4.79 Å². The van der Waals surface area contributed by atoms with E-state index in [4.69, 9.17) is 0 Å². The van der Waals surface area contributed by atoms with E-state index in [9.17, 15) is 4.79 Å². The molecule has 0 aromatic heterocycles. The number of rotatable bonds is 3. The Morgan fingerprint density at radius 1 is 1.54 bits per heavy atom. The molecule has 0 N–H and O–H groups in total. The lowest BCUT2D eigenvalue weighted by Gasteiger charge is -2.05. The SMILES string of the molecule is Cc1c(S)cccc1C(=O)CCBr. The topological polar surface area (TPSA) is 17.1 Å². The summed E-state index contributed by atoms with van der Waals surface area (Å²) in [5.41, 5.74) is 1.75. The van der Waals surface area contributed by atoms with Gasteiger partial charge in [-0.2, -0.15) is 0 Å². The molecule has 0 radical (unpaired) electrons. The number of benzene rings is 1. The van der Waals surface area contributed by atoms with Crippen molar-refractivity contribution in [3.63, 3.8) is 0 Å². The number of ketones is 1. The second-order valence-corrected chi connectivity index (χ2v) is 4.09. The maximum absolute atomic E-state index is 11.6. The normalized spacial score (nSPS) is 10.1. The van der Waals surface area contributed by atoms with Crippen molar-refractivity contribution in [2.75, 3.05) is 5.33 Å². The fraction of sp³-hybridized carbons (Fsp3) is 0.300. The minimum atomic E-state index is 0.172. The number of thiol groups is 1. The minimum Gasteiger partial charge on any atom is -0.294 e. The second kappa shape index (κ2) is 4.82. The lowest BCUT2D eigenvalue weighted by atomic mass is 10.0. The van der Waals surface area contributed by atoms with Crippen LogP contribution in [0.5, 0.6) is 0 Å². The Bertz CT molecular complexity index is 323. The van der Waals surface area contributed by atoms with Crippen LogP contribution in [0.2, 0.25) is 0 Å². The summed E-state index contributed by atoms with van der Waals surface area (Å²) < 4.78 is 0. The zero-order valence-electron chi connectivity index (χ0n) is 7.38. The predicted octanol–water partition coefficient (Wildman–Crippen LogP) is 3.25. The zero-order valence-corrected chi connectivity index (χ0v) is 9.86. The van der Waals surface area contributed by atoms with Crippen LogP contribution in [0.25, 0.3) is 0 Å². The van der Waals surface area contributed by atoms with Gasteiger partial charge in [0.1, 0.15) is 0 Å². The third-order valence-corrected chi connectivity index (χ3v) is 2.81. The summed E-state index contributed by atoms with van der Waals surface area (Å²) in [6, 6.07) is 5.60. The van der Waals surface area contributed by atoms with Crippen LogP contribution in [0.1, 0.15) is 22.3 Å². The van der Waals surface area contributed by atoms with Gasteiger partial charge in [0.25, 0.3) is 0 Å². The average molecular weight is 259 g/mol. The van der Waals surface area contributed by atoms with Gasteiger partial charge in [-0.3, -0.25) is 4.79 Å². The van der Waals surface area contributed by atoms with Crippen LogP contribution >= 0.6 is 28.6 Å². The smallest absolute Gasteiger partial charge is 0.164 e. The molecule has 0 aliphatic rings. The average Bonchev–Trinajstić information content (AvgIpc) is 2.10. The van der Waals surface area contributed by atoms with Crippen LogP contribution in [-0.4, -0.2) is 11.1 Å². The van der Waals surface area contributed by atoms with Gasteiger partial charge in [0.05, 0.1) is 0 Å². The fourth-order valence-electron chi connectivity index (χ4n) is 1.15. The van der Waals surface area contributed by atoms with Crippen molar-refractivity contribution in [2.24, 2.45) is 0 Å². The molecule has 0 spiro atoms. The summed E-state index contributed by atoms with van der Waals surface area (Å²) in [4.78, 5) is 12.4. The highest BCUT2D eigenvalue weighted by Crippen LogP contribution is 2.18. The molecule has 0 fully saturated rings. The Morgan fingerprint density at radius 3 is 2.85 bits per heavy atom. The molecule has 0 atom stereocenters. The molecule has 0 saturated carbocycles. The number of halogens is 1. The molecular weight excluding hydrogens is 248 g/mol. The fourth-order valence-corrected chi connectivity index (χ4v) is 1.71. The highest BCUT2D eigenvalue weighted by molar-refractivity contribution is 9.09. The standard InChI is InChI=1S/C10H11BrOS/c1-7-8(9(12)5-6-11)3-2-4-10(7)13/h2-4,13H,5-6H2,1H3. The molecule has 0 aliphatic heterocycles. The molecule has 1 aromatic rings. The van der Waals surface area contributed by atoms with E-state index in [2.05, 4.69) is 28.6 Å². The first-order valence-corrected chi connectivity index (χ1v) is 5.61. The molecule has 1 nitrogen and oxygen atoms in total. The van der Waals surface area contributed by atoms with E-state index in [-0.39, 0.29) is 5.78 Å². The lowest BCUT2D eigenvalue weighted by Crippen LogP contribution is -2.02. The van der Waals surface area contributed by atoms with Crippen molar-refractivity contribution in [2.45, 2.75) is 18.2 Å². The summed E-state index contributed by atoms with van der Waals surface area (Å²) in [6.07, 6.45) is 0.540. The molecule has 3 heteroatoms. The van der Waals surface area contributed by atoms with Crippen molar-refractivity contribution in [3.05, 3.63) is 29.3 Å². The Labute approximate surface area is 92.1 Å². The summed E-state index contributed by atoms with van der Waals surface area (Å²) in [5.74, 6) is 0.172. The van der Waals surface area contributed by atoms with Crippen LogP contribution in [0.3, 0.4) is 0 Å². The Balaban J connectivity index is 3.01. The van der Waals surface area contributed by atoms with Gasteiger partial charge >= 0.3 is 0 Å². The van der Waals surface area contributed by atoms with Gasteiger partial charge in [-0.05, 0) is 18.6 Å². The molecule has 1 aromatic carbocycles. The van der Waals surface area contributed by atoms with Gasteiger partial charge in [0.2, 0.25) is 0 Å². The Kier molecular flexibility index (Phi) is 4.00. The maximum atomic E-state index is 11.6. The highest BCUT2D eigenvalue weighted by Gasteiger charge is 2.08. The summed E-state index contributed by atoms with van der Waals surface area (Å²) in [6.45, 7) is 1.92. The van der Waals surface area contributed by atoms with Crippen LogP contribution in [-0.2, 0) is 0 Å². The Hall–Kier alpha value is -0.280. The van der Waals surface area contributed by atoms with Crippen LogP contribution in [0.4, 0.5) is 0 Å². The first-order valence-electron chi connectivity index (χ1n) is 4.04. The first kappa shape index (κ1) is 10.8. The number of carbonyl (C=O) groups excluding carboxylic acids is 1. The van der Waals surface area contributed by atoms with E-state index in [0.717, 1.165) is 16.0 Å². The van der Waals surface area contributed by atoms with Gasteiger partial charge < -0.3 is 0 Å². The largest absolute Gasteiger partial charge is 0.294 e. The Morgan fingerprint density at radius 2 is 2.23 bits per heavy atom. The molecular formula is C10H11BrOS. The van der Waals surface area contributed by atoms with Gasteiger partial charge in [-0.15, -0.1) is 12.6 Å². The van der Waals surface area contributed by atoms with Crippen molar-refractivity contribution in [1.82, 2.24) is 0 Å². The first-order chi connectivity index (χ1) is 6.16. The second-order valence-electron chi connectivity index (χ2n) is 2.81. The third-order valence-electron chi connectivity index (χ3n) is 1.93. The van der Waals surface area contributed by atoms with Gasteiger partial charge in [-0.1, -0.05) is 28.1 Å². The summed E-state index contributed by atoms with van der Waals surface area (Å²) in [7, 11) is 0. The van der Waals surface area contributed by atoms with E-state index < -0.39 is 0 Å². The van der Waals surface area contributed by atoms with Crippen LogP contribution in [0, 0.1) is 6.92 Å². The number of carbonyl (C=O) groups is 1. The van der Waals surface area contributed by atoms with Crippen LogP contribution in [0.15, 0.2) is 23.1 Å². The summed E-state index contributed by atoms with van der Waals surface area (Å²) >= 11 is 7.52. The molecule has 0 saturated heterocycles. The number of Topliss-reactive ketones (excluding diaryl/α,β-unsaturated/α-hetero) is 1. The predicted molar refractivity (Wildman–Crippen MR) is 61.2 cm³/mol. The van der Waals surface area contributed by atoms with E-state index >= 15 is 0 Å². The molecule has 0 unspecified atom stereocenters. The van der Waals surface area contributed by atoms with Gasteiger partial charge in [0, 0.05) is 22.2 Å². The number of alkyl halides is 1. The van der Waals surface area contributed by atoms with E-state index in [1.165, 1.54) is 0 Å². The summed E-state index contributed by atoms with van der Waals surface area (Å²) in [5, 5.41) is 0.710. The highest BCUT2D eigenvalue weighted by atomic mass is 79.9. The molecule has 0 bridgehead atoms. The quantitative estimate of drug-likeness (QED) is 0.501. The molecule has 0 amide bonds. The lowest BCUT2D eigenvalue weighted by molar-refractivity contribution is 0.0989. The van der Waals surface area contributed by atoms with Crippen LogP contribution < -0.4 is 0 Å². The van der Waals surface area contributed by atoms with Crippen molar-refractivity contribution >= 4 is 34.3 Å². The molecule has 70 valence electrons. The molecule has 0 heterocycles. The number of hydrogen-bond donors (Lipinski definition) is 1. The van der Waals surface area contributed by atoms with Gasteiger partial charge in [-0.25, -0.2) is 0 Å². The van der Waals surface area contributed by atoms with E-state index in [0.29, 0.717) is 11.8 Å². The third kappa shape index (κ3) is 2.58. The van der Waals surface area contributed by atoms with E-state index in [1.807, 2.05) is 25.1 Å². The van der Waals surface area contributed by atoms with Crippen molar-refractivity contribution in [1.29, 1.82) is 0 Å². The molecule has 13 heavy (non-hydrogen) atoms. The maximum Gasteiger partial charge on any atom is 0.164 e. The minimum absolute atomic E-state index is 0.172. The molecule has 1 rings (SSSR count). The molecule has 0 aliphatic carbocycles. The van der Waals surface area contributed by atoms with Crippen molar-refractivity contribution in [3.8, 4) is 0 Å². The van der Waals surface area contributed by atoms with E-state index in [1.54, 1.807) is 0 Å². The number of hydrogen-bond acceptors (Lipinski definition) is 2. The zero-order chi connectivity index (χ0) is 9.84. The van der Waals surface area contributed by atoms with Gasteiger partial charge in [0.15, 0.2) is 5.78 Å². The monoisotopic (exact) mass is 258 g/mol.